The molecular formula is C18H21F2IN4. The highest BCUT2D eigenvalue weighted by atomic mass is 127. The van der Waals surface area contributed by atoms with E-state index in [-0.39, 0.29) is 35.6 Å². The molecule has 1 heterocycles. The lowest BCUT2D eigenvalue weighted by atomic mass is 10.2. The van der Waals surface area contributed by atoms with Gasteiger partial charge in [-0.2, -0.15) is 0 Å². The van der Waals surface area contributed by atoms with Crippen molar-refractivity contribution in [3.05, 3.63) is 65.7 Å². The average molecular weight is 458 g/mol. The Labute approximate surface area is 163 Å². The number of hydrogen-bond acceptors (Lipinski definition) is 2. The number of nitrogens with zero attached hydrogens (tertiary/aromatic N) is 3. The third-order valence-electron chi connectivity index (χ3n) is 4.13. The first-order chi connectivity index (χ1) is 11.6. The molecule has 0 spiro atoms. The summed E-state index contributed by atoms with van der Waals surface area (Å²) in [5, 5.41) is 0. The smallest absolute Gasteiger partial charge is 0.191 e. The Morgan fingerprint density at radius 3 is 1.96 bits per heavy atom. The average Bonchev–Trinajstić information content (AvgIpc) is 2.62. The zero-order valence-corrected chi connectivity index (χ0v) is 16.1. The van der Waals surface area contributed by atoms with Gasteiger partial charge in [0.25, 0.3) is 0 Å². The van der Waals surface area contributed by atoms with Gasteiger partial charge < -0.3 is 15.5 Å². The molecule has 134 valence electrons. The molecule has 0 aliphatic carbocycles. The van der Waals surface area contributed by atoms with Crippen LogP contribution in [0.4, 0.5) is 14.5 Å². The maximum absolute atomic E-state index is 13.0. The molecule has 1 saturated heterocycles. The van der Waals surface area contributed by atoms with E-state index < -0.39 is 0 Å². The Hall–Kier alpha value is -1.90. The Morgan fingerprint density at radius 2 is 1.40 bits per heavy atom. The van der Waals surface area contributed by atoms with Crippen molar-refractivity contribution in [2.45, 2.75) is 6.54 Å². The normalized spacial score (nSPS) is 15.0. The van der Waals surface area contributed by atoms with Crippen molar-refractivity contribution < 1.29 is 8.78 Å². The number of nitrogens with two attached hydrogens (primary N) is 1. The lowest BCUT2D eigenvalue weighted by Crippen LogP contribution is -2.51. The van der Waals surface area contributed by atoms with Gasteiger partial charge in [0, 0.05) is 31.9 Å². The van der Waals surface area contributed by atoms with Gasteiger partial charge in [0.2, 0.25) is 0 Å². The summed E-state index contributed by atoms with van der Waals surface area (Å²) in [5.74, 6) is 0.0141. The van der Waals surface area contributed by atoms with Crippen LogP contribution >= 0.6 is 24.0 Å². The van der Waals surface area contributed by atoms with E-state index in [0.717, 1.165) is 37.4 Å². The van der Waals surface area contributed by atoms with Gasteiger partial charge in [0.1, 0.15) is 11.6 Å². The van der Waals surface area contributed by atoms with Gasteiger partial charge in [-0.3, -0.25) is 0 Å². The number of aliphatic imine (C=N–C) groups is 1. The summed E-state index contributed by atoms with van der Waals surface area (Å²) >= 11 is 0. The van der Waals surface area contributed by atoms with Crippen LogP contribution in [0.15, 0.2) is 53.5 Å². The predicted octanol–water partition coefficient (Wildman–Crippen LogP) is 3.22. The van der Waals surface area contributed by atoms with Gasteiger partial charge in [-0.15, -0.1) is 24.0 Å². The Morgan fingerprint density at radius 1 is 0.880 bits per heavy atom. The van der Waals surface area contributed by atoms with Crippen molar-refractivity contribution in [2.24, 2.45) is 10.7 Å². The Kier molecular flexibility index (Phi) is 6.98. The monoisotopic (exact) mass is 458 g/mol. The van der Waals surface area contributed by atoms with Gasteiger partial charge in [-0.05, 0) is 42.0 Å². The van der Waals surface area contributed by atoms with E-state index in [1.807, 2.05) is 4.90 Å². The first kappa shape index (κ1) is 19.4. The van der Waals surface area contributed by atoms with Crippen LogP contribution in [-0.2, 0) is 6.54 Å². The topological polar surface area (TPSA) is 44.9 Å². The largest absolute Gasteiger partial charge is 0.370 e. The minimum absolute atomic E-state index is 0. The summed E-state index contributed by atoms with van der Waals surface area (Å²) in [5.41, 5.74) is 8.00. The second-order valence-corrected chi connectivity index (χ2v) is 5.75. The summed E-state index contributed by atoms with van der Waals surface area (Å²) in [4.78, 5) is 8.62. The molecular weight excluding hydrogens is 437 g/mol. The molecule has 0 atom stereocenters. The molecule has 0 amide bonds. The fraction of sp³-hybridized carbons (Fsp3) is 0.278. The summed E-state index contributed by atoms with van der Waals surface area (Å²) in [6.07, 6.45) is 0. The molecule has 3 rings (SSSR count). The standard InChI is InChI=1S/C18H20F2N4.HI/c19-15-3-1-14(2-4-15)13-22-18(21)24-11-9-23(10-12-24)17-7-5-16(20)6-8-17;/h1-8H,9-13H2,(H2,21,22);1H. The Balaban J connectivity index is 0.00000225. The molecule has 0 saturated carbocycles. The molecule has 0 aromatic heterocycles. The second kappa shape index (κ2) is 8.98. The minimum Gasteiger partial charge on any atom is -0.370 e. The van der Waals surface area contributed by atoms with E-state index in [9.17, 15) is 8.78 Å². The van der Waals surface area contributed by atoms with Crippen molar-refractivity contribution in [1.29, 1.82) is 0 Å². The highest BCUT2D eigenvalue weighted by Gasteiger charge is 2.18. The molecule has 0 unspecified atom stereocenters. The first-order valence-corrected chi connectivity index (χ1v) is 7.91. The number of hydrogen-bond donors (Lipinski definition) is 1. The van der Waals surface area contributed by atoms with E-state index >= 15 is 0 Å². The number of anilines is 1. The van der Waals surface area contributed by atoms with Gasteiger partial charge in [0.05, 0.1) is 6.54 Å². The highest BCUT2D eigenvalue weighted by Crippen LogP contribution is 2.16. The molecule has 2 N–H and O–H groups in total. The quantitative estimate of drug-likeness (QED) is 0.437. The maximum Gasteiger partial charge on any atom is 0.191 e. The fourth-order valence-electron chi connectivity index (χ4n) is 2.71. The summed E-state index contributed by atoms with van der Waals surface area (Å²) in [6.45, 7) is 3.56. The Bertz CT molecular complexity index is 696. The number of guanidine groups is 1. The van der Waals surface area contributed by atoms with Crippen LogP contribution in [0.25, 0.3) is 0 Å². The second-order valence-electron chi connectivity index (χ2n) is 5.75. The fourth-order valence-corrected chi connectivity index (χ4v) is 2.71. The van der Waals surface area contributed by atoms with Crippen LogP contribution in [0, 0.1) is 11.6 Å². The minimum atomic E-state index is -0.257. The zero-order chi connectivity index (χ0) is 16.9. The molecule has 7 heteroatoms. The van der Waals surface area contributed by atoms with Gasteiger partial charge in [0.15, 0.2) is 5.96 Å². The van der Waals surface area contributed by atoms with E-state index in [0.29, 0.717) is 12.5 Å². The number of halogens is 3. The van der Waals surface area contributed by atoms with Crippen molar-refractivity contribution >= 4 is 35.6 Å². The van der Waals surface area contributed by atoms with Crippen LogP contribution in [0.3, 0.4) is 0 Å². The van der Waals surface area contributed by atoms with E-state index in [4.69, 9.17) is 5.73 Å². The third kappa shape index (κ3) is 5.29. The zero-order valence-electron chi connectivity index (χ0n) is 13.7. The van der Waals surface area contributed by atoms with E-state index in [1.165, 1.54) is 24.3 Å². The summed E-state index contributed by atoms with van der Waals surface area (Å²) in [7, 11) is 0. The van der Waals surface area contributed by atoms with E-state index in [2.05, 4.69) is 9.89 Å². The molecule has 2 aromatic carbocycles. The van der Waals surface area contributed by atoms with Crippen LogP contribution < -0.4 is 10.6 Å². The number of benzene rings is 2. The number of piperazine rings is 1. The van der Waals surface area contributed by atoms with Crippen molar-refractivity contribution in [3.63, 3.8) is 0 Å². The van der Waals surface area contributed by atoms with Crippen LogP contribution in [0.1, 0.15) is 5.56 Å². The van der Waals surface area contributed by atoms with Crippen molar-refractivity contribution in [1.82, 2.24) is 4.90 Å². The third-order valence-corrected chi connectivity index (χ3v) is 4.13. The molecule has 1 aliphatic rings. The van der Waals surface area contributed by atoms with Crippen LogP contribution in [0.5, 0.6) is 0 Å². The first-order valence-electron chi connectivity index (χ1n) is 7.91. The molecule has 4 nitrogen and oxygen atoms in total. The highest BCUT2D eigenvalue weighted by molar-refractivity contribution is 14.0. The van der Waals surface area contributed by atoms with Crippen LogP contribution in [0.2, 0.25) is 0 Å². The molecule has 0 bridgehead atoms. The van der Waals surface area contributed by atoms with Crippen molar-refractivity contribution in [2.75, 3.05) is 31.1 Å². The lowest BCUT2D eigenvalue weighted by molar-refractivity contribution is 0.380. The van der Waals surface area contributed by atoms with Crippen LogP contribution in [-0.4, -0.2) is 37.0 Å². The lowest BCUT2D eigenvalue weighted by Gasteiger charge is -2.36. The SMILES string of the molecule is I.NC(=NCc1ccc(F)cc1)N1CCN(c2ccc(F)cc2)CC1. The summed E-state index contributed by atoms with van der Waals surface area (Å²) in [6, 6.07) is 12.8. The number of rotatable bonds is 3. The molecule has 2 aromatic rings. The molecule has 0 radical (unpaired) electrons. The van der Waals surface area contributed by atoms with Crippen molar-refractivity contribution in [3.8, 4) is 0 Å². The molecule has 1 aliphatic heterocycles. The summed E-state index contributed by atoms with van der Waals surface area (Å²) < 4.78 is 25.9. The van der Waals surface area contributed by atoms with Gasteiger partial charge >= 0.3 is 0 Å². The maximum atomic E-state index is 13.0. The van der Waals surface area contributed by atoms with E-state index in [1.54, 1.807) is 24.3 Å². The van der Waals surface area contributed by atoms with Gasteiger partial charge in [-0.1, -0.05) is 12.1 Å². The molecule has 1 fully saturated rings. The van der Waals surface area contributed by atoms with Gasteiger partial charge in [-0.25, -0.2) is 13.8 Å². The molecule has 25 heavy (non-hydrogen) atoms. The predicted molar refractivity (Wildman–Crippen MR) is 107 cm³/mol.